The highest BCUT2D eigenvalue weighted by atomic mass is 16.3. The molecule has 2 N–H and O–H groups in total. The highest BCUT2D eigenvalue weighted by molar-refractivity contribution is 5.81. The lowest BCUT2D eigenvalue weighted by molar-refractivity contribution is -0.119. The molecule has 15 heavy (non-hydrogen) atoms. The van der Waals surface area contributed by atoms with E-state index in [0.29, 0.717) is 18.8 Å². The van der Waals surface area contributed by atoms with E-state index in [0.717, 1.165) is 18.7 Å². The van der Waals surface area contributed by atoms with Crippen LogP contribution < -0.4 is 5.32 Å². The van der Waals surface area contributed by atoms with Crippen molar-refractivity contribution in [3.63, 3.8) is 0 Å². The molecule has 3 nitrogen and oxygen atoms in total. The number of hydrogen-bond acceptors (Lipinski definition) is 3. The third kappa shape index (κ3) is 2.80. The van der Waals surface area contributed by atoms with E-state index in [9.17, 15) is 9.90 Å². The van der Waals surface area contributed by atoms with Crippen LogP contribution in [0.4, 0.5) is 0 Å². The Morgan fingerprint density at radius 2 is 2.27 bits per heavy atom. The van der Waals surface area contributed by atoms with Gasteiger partial charge in [0.2, 0.25) is 0 Å². The SMILES string of the molecule is O=C(Cc1cccc(O)c1)CC1CNC1. The predicted molar refractivity (Wildman–Crippen MR) is 57.8 cm³/mol. The first-order valence-electron chi connectivity index (χ1n) is 5.24. The van der Waals surface area contributed by atoms with E-state index in [1.807, 2.05) is 6.07 Å². The number of phenols is 1. The van der Waals surface area contributed by atoms with Crippen LogP contribution in [0.3, 0.4) is 0 Å². The number of phenolic OH excluding ortho intramolecular Hbond substituents is 1. The van der Waals surface area contributed by atoms with Crippen molar-refractivity contribution in [2.75, 3.05) is 13.1 Å². The van der Waals surface area contributed by atoms with Gasteiger partial charge in [-0.3, -0.25) is 4.79 Å². The van der Waals surface area contributed by atoms with Crippen molar-refractivity contribution in [1.29, 1.82) is 0 Å². The molecule has 0 aliphatic carbocycles. The van der Waals surface area contributed by atoms with Crippen LogP contribution in [0.2, 0.25) is 0 Å². The zero-order valence-electron chi connectivity index (χ0n) is 8.57. The molecule has 1 aromatic rings. The maximum Gasteiger partial charge on any atom is 0.137 e. The second-order valence-corrected chi connectivity index (χ2v) is 4.11. The van der Waals surface area contributed by atoms with Crippen LogP contribution in [0.5, 0.6) is 5.75 Å². The summed E-state index contributed by atoms with van der Waals surface area (Å²) in [5.41, 5.74) is 0.896. The van der Waals surface area contributed by atoms with Crippen molar-refractivity contribution in [3.8, 4) is 5.75 Å². The van der Waals surface area contributed by atoms with Gasteiger partial charge in [-0.25, -0.2) is 0 Å². The van der Waals surface area contributed by atoms with Crippen molar-refractivity contribution in [2.45, 2.75) is 12.8 Å². The van der Waals surface area contributed by atoms with E-state index in [4.69, 9.17) is 0 Å². The number of aromatic hydroxyl groups is 1. The van der Waals surface area contributed by atoms with Gasteiger partial charge in [-0.1, -0.05) is 12.1 Å². The van der Waals surface area contributed by atoms with Gasteiger partial charge in [-0.05, 0) is 36.7 Å². The molecule has 0 saturated carbocycles. The molecule has 3 heteroatoms. The van der Waals surface area contributed by atoms with Gasteiger partial charge in [0.15, 0.2) is 0 Å². The van der Waals surface area contributed by atoms with Crippen LogP contribution in [0.15, 0.2) is 24.3 Å². The molecule has 0 unspecified atom stereocenters. The summed E-state index contributed by atoms with van der Waals surface area (Å²) in [6.45, 7) is 1.93. The molecule has 1 heterocycles. The first kappa shape index (κ1) is 10.2. The lowest BCUT2D eigenvalue weighted by atomic mass is 9.94. The first-order valence-corrected chi connectivity index (χ1v) is 5.24. The Labute approximate surface area is 89.1 Å². The summed E-state index contributed by atoms with van der Waals surface area (Å²) >= 11 is 0. The van der Waals surface area contributed by atoms with Crippen LogP contribution in [-0.2, 0) is 11.2 Å². The highest BCUT2D eigenvalue weighted by Crippen LogP contribution is 2.14. The van der Waals surface area contributed by atoms with Crippen molar-refractivity contribution in [2.24, 2.45) is 5.92 Å². The lowest BCUT2D eigenvalue weighted by Crippen LogP contribution is -2.43. The minimum atomic E-state index is 0.227. The summed E-state index contributed by atoms with van der Waals surface area (Å²) in [6.07, 6.45) is 1.09. The second kappa shape index (κ2) is 4.45. The molecule has 1 fully saturated rings. The molecule has 1 aliphatic rings. The fraction of sp³-hybridized carbons (Fsp3) is 0.417. The monoisotopic (exact) mass is 205 g/mol. The fourth-order valence-electron chi connectivity index (χ4n) is 1.78. The van der Waals surface area contributed by atoms with E-state index in [1.54, 1.807) is 18.2 Å². The van der Waals surface area contributed by atoms with Gasteiger partial charge in [0.05, 0.1) is 0 Å². The van der Waals surface area contributed by atoms with Gasteiger partial charge in [0.25, 0.3) is 0 Å². The predicted octanol–water partition coefficient (Wildman–Crippen LogP) is 1.11. The summed E-state index contributed by atoms with van der Waals surface area (Å²) in [6, 6.07) is 6.90. The summed E-state index contributed by atoms with van der Waals surface area (Å²) in [5, 5.41) is 12.4. The van der Waals surface area contributed by atoms with Crippen molar-refractivity contribution in [1.82, 2.24) is 5.32 Å². The van der Waals surface area contributed by atoms with Crippen LogP contribution in [0.25, 0.3) is 0 Å². The second-order valence-electron chi connectivity index (χ2n) is 4.11. The van der Waals surface area contributed by atoms with E-state index in [2.05, 4.69) is 5.32 Å². The van der Waals surface area contributed by atoms with Gasteiger partial charge < -0.3 is 10.4 Å². The molecule has 1 aliphatic heterocycles. The minimum absolute atomic E-state index is 0.227. The van der Waals surface area contributed by atoms with Crippen LogP contribution in [-0.4, -0.2) is 24.0 Å². The van der Waals surface area contributed by atoms with E-state index in [-0.39, 0.29) is 11.5 Å². The molecule has 0 aromatic heterocycles. The molecule has 0 atom stereocenters. The number of Topliss-reactive ketones (excluding diaryl/α,β-unsaturated/α-hetero) is 1. The van der Waals surface area contributed by atoms with Crippen LogP contribution in [0, 0.1) is 5.92 Å². The lowest BCUT2D eigenvalue weighted by Gasteiger charge is -2.26. The standard InChI is InChI=1S/C12H15NO2/c14-11-3-1-2-9(4-11)5-12(15)6-10-7-13-8-10/h1-4,10,13-14H,5-8H2. The average Bonchev–Trinajstić information content (AvgIpc) is 2.11. The molecule has 0 bridgehead atoms. The van der Waals surface area contributed by atoms with Crippen LogP contribution >= 0.6 is 0 Å². The Morgan fingerprint density at radius 1 is 1.47 bits per heavy atom. The molecule has 1 saturated heterocycles. The maximum atomic E-state index is 11.6. The number of rotatable bonds is 4. The largest absolute Gasteiger partial charge is 0.508 e. The van der Waals surface area contributed by atoms with E-state index >= 15 is 0 Å². The number of hydrogen-bond donors (Lipinski definition) is 2. The number of carbonyl (C=O) groups is 1. The number of carbonyl (C=O) groups excluding carboxylic acids is 1. The Bertz CT molecular complexity index is 358. The van der Waals surface area contributed by atoms with Crippen molar-refractivity contribution < 1.29 is 9.90 Å². The van der Waals surface area contributed by atoms with Gasteiger partial charge in [-0.15, -0.1) is 0 Å². The third-order valence-corrected chi connectivity index (χ3v) is 2.69. The number of nitrogens with one attached hydrogen (secondary N) is 1. The highest BCUT2D eigenvalue weighted by Gasteiger charge is 2.19. The van der Waals surface area contributed by atoms with Gasteiger partial charge in [-0.2, -0.15) is 0 Å². The number of benzene rings is 1. The van der Waals surface area contributed by atoms with Crippen molar-refractivity contribution in [3.05, 3.63) is 29.8 Å². The summed E-state index contributed by atoms with van der Waals surface area (Å²) in [7, 11) is 0. The third-order valence-electron chi connectivity index (χ3n) is 2.69. The van der Waals surface area contributed by atoms with E-state index in [1.165, 1.54) is 0 Å². The summed E-state index contributed by atoms with van der Waals surface area (Å²) in [4.78, 5) is 11.6. The van der Waals surface area contributed by atoms with Gasteiger partial charge in [0, 0.05) is 12.8 Å². The molecule has 0 spiro atoms. The van der Waals surface area contributed by atoms with Crippen molar-refractivity contribution >= 4 is 5.78 Å². The average molecular weight is 205 g/mol. The summed E-state index contributed by atoms with van der Waals surface area (Å²) < 4.78 is 0. The van der Waals surface area contributed by atoms with E-state index < -0.39 is 0 Å². The zero-order valence-corrected chi connectivity index (χ0v) is 8.57. The Hall–Kier alpha value is -1.35. The molecule has 0 radical (unpaired) electrons. The molecule has 1 aromatic carbocycles. The van der Waals surface area contributed by atoms with Crippen LogP contribution in [0.1, 0.15) is 12.0 Å². The van der Waals surface area contributed by atoms with Gasteiger partial charge in [0.1, 0.15) is 11.5 Å². The molecule has 0 amide bonds. The normalized spacial score (nSPS) is 16.0. The number of ketones is 1. The zero-order chi connectivity index (χ0) is 10.7. The van der Waals surface area contributed by atoms with Gasteiger partial charge >= 0.3 is 0 Å². The maximum absolute atomic E-state index is 11.6. The Balaban J connectivity index is 1.87. The molecular formula is C12H15NO2. The fourth-order valence-corrected chi connectivity index (χ4v) is 1.78. The molecule has 80 valence electrons. The quantitative estimate of drug-likeness (QED) is 0.774. The molecule has 2 rings (SSSR count). The smallest absolute Gasteiger partial charge is 0.137 e. The Kier molecular flexibility index (Phi) is 3.02. The minimum Gasteiger partial charge on any atom is -0.508 e. The first-order chi connectivity index (χ1) is 7.24. The Morgan fingerprint density at radius 3 is 2.87 bits per heavy atom. The summed E-state index contributed by atoms with van der Waals surface area (Å²) in [5.74, 6) is 1.01. The topological polar surface area (TPSA) is 49.3 Å². The molecular weight excluding hydrogens is 190 g/mol.